The standard InChI is InChI=1S/C10H11N3O2/c11-7-3-1-6(2-4-7)8-5-9(10(12)14)15-13-8/h1-4,9H,5,11H2,(H2,12,14). The lowest BCUT2D eigenvalue weighted by atomic mass is 10.0. The molecule has 1 aromatic rings. The number of carbonyl (C=O) groups excluding carboxylic acids is 1. The van der Waals surface area contributed by atoms with E-state index in [0.29, 0.717) is 12.1 Å². The van der Waals surface area contributed by atoms with Gasteiger partial charge in [0, 0.05) is 12.1 Å². The van der Waals surface area contributed by atoms with Crippen LogP contribution in [0.15, 0.2) is 29.4 Å². The third-order valence-electron chi connectivity index (χ3n) is 2.23. The summed E-state index contributed by atoms with van der Waals surface area (Å²) in [5, 5.41) is 3.81. The molecule has 4 N–H and O–H groups in total. The lowest BCUT2D eigenvalue weighted by Gasteiger charge is -2.01. The summed E-state index contributed by atoms with van der Waals surface area (Å²) in [5.41, 5.74) is 13.0. The van der Waals surface area contributed by atoms with E-state index in [2.05, 4.69) is 5.16 Å². The third kappa shape index (κ3) is 1.90. The highest BCUT2D eigenvalue weighted by atomic mass is 16.6. The number of rotatable bonds is 2. The Morgan fingerprint density at radius 3 is 2.60 bits per heavy atom. The van der Waals surface area contributed by atoms with Crippen molar-refractivity contribution in [3.63, 3.8) is 0 Å². The normalized spacial score (nSPS) is 19.5. The van der Waals surface area contributed by atoms with Crippen LogP contribution in [0, 0.1) is 0 Å². The molecular weight excluding hydrogens is 194 g/mol. The van der Waals surface area contributed by atoms with E-state index in [-0.39, 0.29) is 0 Å². The Morgan fingerprint density at radius 2 is 2.07 bits per heavy atom. The zero-order chi connectivity index (χ0) is 10.8. The van der Waals surface area contributed by atoms with E-state index in [9.17, 15) is 4.79 Å². The lowest BCUT2D eigenvalue weighted by molar-refractivity contribution is -0.127. The largest absolute Gasteiger partial charge is 0.399 e. The van der Waals surface area contributed by atoms with Gasteiger partial charge in [0.1, 0.15) is 0 Å². The second-order valence-corrected chi connectivity index (χ2v) is 3.36. The first kappa shape index (κ1) is 9.51. The fourth-order valence-corrected chi connectivity index (χ4v) is 1.38. The van der Waals surface area contributed by atoms with Crippen LogP contribution in [-0.4, -0.2) is 17.7 Å². The van der Waals surface area contributed by atoms with E-state index in [1.165, 1.54) is 0 Å². The maximum Gasteiger partial charge on any atom is 0.261 e. The van der Waals surface area contributed by atoms with Crippen LogP contribution in [0.25, 0.3) is 0 Å². The molecular formula is C10H11N3O2. The molecule has 1 aliphatic rings. The molecule has 0 saturated heterocycles. The SMILES string of the molecule is NC(=O)C1CC(c2ccc(N)cc2)=NO1. The fraction of sp³-hybridized carbons (Fsp3) is 0.200. The maximum atomic E-state index is 10.8. The highest BCUT2D eigenvalue weighted by Gasteiger charge is 2.26. The van der Waals surface area contributed by atoms with Crippen molar-refractivity contribution in [2.45, 2.75) is 12.5 Å². The van der Waals surface area contributed by atoms with E-state index >= 15 is 0 Å². The molecule has 0 aliphatic carbocycles. The van der Waals surface area contributed by atoms with Crippen LogP contribution in [0.3, 0.4) is 0 Å². The molecule has 1 unspecified atom stereocenters. The summed E-state index contributed by atoms with van der Waals surface area (Å²) >= 11 is 0. The maximum absolute atomic E-state index is 10.8. The molecule has 1 atom stereocenters. The van der Waals surface area contributed by atoms with Gasteiger partial charge in [-0.15, -0.1) is 0 Å². The van der Waals surface area contributed by atoms with Gasteiger partial charge in [0.2, 0.25) is 6.10 Å². The van der Waals surface area contributed by atoms with Crippen molar-refractivity contribution in [1.82, 2.24) is 0 Å². The average molecular weight is 205 g/mol. The number of anilines is 1. The highest BCUT2D eigenvalue weighted by molar-refractivity contribution is 6.04. The van der Waals surface area contributed by atoms with Crippen LogP contribution in [0.5, 0.6) is 0 Å². The summed E-state index contributed by atoms with van der Waals surface area (Å²) in [5.74, 6) is -0.496. The van der Waals surface area contributed by atoms with Gasteiger partial charge in [0.15, 0.2) is 0 Å². The van der Waals surface area contributed by atoms with Gasteiger partial charge < -0.3 is 16.3 Å². The van der Waals surface area contributed by atoms with Gasteiger partial charge in [-0.3, -0.25) is 4.79 Å². The van der Waals surface area contributed by atoms with Gasteiger partial charge >= 0.3 is 0 Å². The van der Waals surface area contributed by atoms with Gasteiger partial charge in [-0.25, -0.2) is 0 Å². The van der Waals surface area contributed by atoms with Crippen molar-refractivity contribution in [3.8, 4) is 0 Å². The van der Waals surface area contributed by atoms with E-state index in [1.54, 1.807) is 12.1 Å². The third-order valence-corrected chi connectivity index (χ3v) is 2.23. The second-order valence-electron chi connectivity index (χ2n) is 3.36. The van der Waals surface area contributed by atoms with E-state index in [1.807, 2.05) is 12.1 Å². The molecule has 1 amide bonds. The summed E-state index contributed by atoms with van der Waals surface area (Å²) in [6, 6.07) is 7.21. The molecule has 0 radical (unpaired) electrons. The number of nitrogens with zero attached hydrogens (tertiary/aromatic N) is 1. The van der Waals surface area contributed by atoms with Crippen molar-refractivity contribution in [2.75, 3.05) is 5.73 Å². The first-order chi connectivity index (χ1) is 7.16. The Hall–Kier alpha value is -2.04. The van der Waals surface area contributed by atoms with Crippen LogP contribution < -0.4 is 11.5 Å². The Kier molecular flexibility index (Phi) is 2.29. The summed E-state index contributed by atoms with van der Waals surface area (Å²) in [6.45, 7) is 0. The van der Waals surface area contributed by atoms with Crippen molar-refractivity contribution in [2.24, 2.45) is 10.9 Å². The molecule has 1 heterocycles. The zero-order valence-electron chi connectivity index (χ0n) is 8.01. The molecule has 0 aromatic heterocycles. The van der Waals surface area contributed by atoms with Gasteiger partial charge in [-0.05, 0) is 17.7 Å². The highest BCUT2D eigenvalue weighted by Crippen LogP contribution is 2.17. The Morgan fingerprint density at radius 1 is 1.40 bits per heavy atom. The van der Waals surface area contributed by atoms with Crippen molar-refractivity contribution >= 4 is 17.3 Å². The number of benzene rings is 1. The smallest absolute Gasteiger partial charge is 0.261 e. The Balaban J connectivity index is 2.14. The van der Waals surface area contributed by atoms with E-state index < -0.39 is 12.0 Å². The number of carbonyl (C=O) groups is 1. The number of oxime groups is 1. The van der Waals surface area contributed by atoms with Gasteiger partial charge in [-0.2, -0.15) is 0 Å². The Bertz CT molecular complexity index is 411. The monoisotopic (exact) mass is 205 g/mol. The van der Waals surface area contributed by atoms with Crippen molar-refractivity contribution in [3.05, 3.63) is 29.8 Å². The minimum Gasteiger partial charge on any atom is -0.399 e. The van der Waals surface area contributed by atoms with E-state index in [4.69, 9.17) is 16.3 Å². The topological polar surface area (TPSA) is 90.7 Å². The molecule has 1 aliphatic heterocycles. The molecule has 0 saturated carbocycles. The van der Waals surface area contributed by atoms with Gasteiger partial charge in [0.25, 0.3) is 5.91 Å². The first-order valence-corrected chi connectivity index (χ1v) is 4.55. The van der Waals surface area contributed by atoms with Crippen LogP contribution in [-0.2, 0) is 9.63 Å². The van der Waals surface area contributed by atoms with E-state index in [0.717, 1.165) is 11.3 Å². The predicted octanol–water partition coefficient (Wildman–Crippen LogP) is 0.247. The number of nitrogens with two attached hydrogens (primary N) is 2. The number of hydrogen-bond donors (Lipinski definition) is 2. The number of nitrogen functional groups attached to an aromatic ring is 1. The molecule has 15 heavy (non-hydrogen) atoms. The average Bonchev–Trinajstić information content (AvgIpc) is 2.68. The molecule has 1 aromatic carbocycles. The molecule has 78 valence electrons. The predicted molar refractivity (Wildman–Crippen MR) is 56.1 cm³/mol. The van der Waals surface area contributed by atoms with Crippen LogP contribution in [0.2, 0.25) is 0 Å². The molecule has 0 fully saturated rings. The molecule has 5 heteroatoms. The lowest BCUT2D eigenvalue weighted by Crippen LogP contribution is -2.28. The first-order valence-electron chi connectivity index (χ1n) is 4.55. The van der Waals surface area contributed by atoms with Crippen LogP contribution in [0.4, 0.5) is 5.69 Å². The number of hydrogen-bond acceptors (Lipinski definition) is 4. The molecule has 0 bridgehead atoms. The summed E-state index contributed by atoms with van der Waals surface area (Å²) in [6.07, 6.45) is -0.225. The summed E-state index contributed by atoms with van der Waals surface area (Å²) < 4.78 is 0. The Labute approximate surface area is 86.7 Å². The quantitative estimate of drug-likeness (QED) is 0.678. The van der Waals surface area contributed by atoms with Crippen molar-refractivity contribution in [1.29, 1.82) is 0 Å². The van der Waals surface area contributed by atoms with Crippen LogP contribution >= 0.6 is 0 Å². The number of primary amides is 1. The van der Waals surface area contributed by atoms with Crippen molar-refractivity contribution < 1.29 is 9.63 Å². The fourth-order valence-electron chi connectivity index (χ4n) is 1.38. The van der Waals surface area contributed by atoms with Gasteiger partial charge in [-0.1, -0.05) is 17.3 Å². The molecule has 2 rings (SSSR count). The summed E-state index contributed by atoms with van der Waals surface area (Å²) in [4.78, 5) is 15.7. The zero-order valence-corrected chi connectivity index (χ0v) is 8.01. The van der Waals surface area contributed by atoms with Gasteiger partial charge in [0.05, 0.1) is 5.71 Å². The molecule has 0 spiro atoms. The minimum atomic E-state index is -0.641. The molecule has 5 nitrogen and oxygen atoms in total. The minimum absolute atomic E-state index is 0.416. The number of amides is 1. The van der Waals surface area contributed by atoms with Crippen LogP contribution in [0.1, 0.15) is 12.0 Å². The summed E-state index contributed by atoms with van der Waals surface area (Å²) in [7, 11) is 0. The second kappa shape index (κ2) is 3.61.